The van der Waals surface area contributed by atoms with Gasteiger partial charge >= 0.3 is 0 Å². The van der Waals surface area contributed by atoms with E-state index in [4.69, 9.17) is 16.0 Å². The van der Waals surface area contributed by atoms with Gasteiger partial charge in [-0.05, 0) is 40.5 Å². The van der Waals surface area contributed by atoms with Crippen LogP contribution in [0.15, 0.2) is 56.1 Å². The smallest absolute Gasteiger partial charge is 0.202 e. The summed E-state index contributed by atoms with van der Waals surface area (Å²) in [4.78, 5) is 12.8. The molecule has 0 N–H and O–H groups in total. The standard InChI is InChI=1S/C16H10BrClO2/c1-9-13(10-5-3-2-4-6-10)16(19)14-12(20-9)8-7-11(17)15(14)18/h2-8H,1H3. The summed E-state index contributed by atoms with van der Waals surface area (Å²) in [7, 11) is 0. The van der Waals surface area contributed by atoms with Gasteiger partial charge in [0.2, 0.25) is 5.43 Å². The molecule has 100 valence electrons. The first-order chi connectivity index (χ1) is 9.59. The zero-order chi connectivity index (χ0) is 14.3. The fourth-order valence-electron chi connectivity index (χ4n) is 2.27. The molecule has 0 amide bonds. The predicted molar refractivity (Wildman–Crippen MR) is 85.4 cm³/mol. The quantitative estimate of drug-likeness (QED) is 0.605. The lowest BCUT2D eigenvalue weighted by Crippen LogP contribution is -2.08. The Morgan fingerprint density at radius 3 is 2.50 bits per heavy atom. The Balaban J connectivity index is 2.46. The molecule has 3 aromatic rings. The second-order valence-corrected chi connectivity index (χ2v) is 5.70. The maximum atomic E-state index is 12.8. The van der Waals surface area contributed by atoms with Crippen LogP contribution >= 0.6 is 27.5 Å². The summed E-state index contributed by atoms with van der Waals surface area (Å²) in [6, 6.07) is 13.0. The van der Waals surface area contributed by atoms with E-state index in [-0.39, 0.29) is 5.43 Å². The maximum Gasteiger partial charge on any atom is 0.202 e. The lowest BCUT2D eigenvalue weighted by molar-refractivity contribution is 0.567. The van der Waals surface area contributed by atoms with Gasteiger partial charge in [0, 0.05) is 4.47 Å². The van der Waals surface area contributed by atoms with Crippen LogP contribution in [0.4, 0.5) is 0 Å². The van der Waals surface area contributed by atoms with E-state index in [1.807, 2.05) is 30.3 Å². The molecule has 0 saturated heterocycles. The molecule has 0 fully saturated rings. The van der Waals surface area contributed by atoms with Gasteiger partial charge < -0.3 is 4.42 Å². The molecule has 0 saturated carbocycles. The Hall–Kier alpha value is -1.58. The van der Waals surface area contributed by atoms with Crippen molar-refractivity contribution in [1.82, 2.24) is 0 Å². The number of aryl methyl sites for hydroxylation is 1. The van der Waals surface area contributed by atoms with Gasteiger partial charge in [-0.2, -0.15) is 0 Å². The molecule has 1 heterocycles. The van der Waals surface area contributed by atoms with Gasteiger partial charge in [-0.15, -0.1) is 0 Å². The summed E-state index contributed by atoms with van der Waals surface area (Å²) in [5, 5.41) is 0.791. The largest absolute Gasteiger partial charge is 0.460 e. The molecule has 0 aliphatic rings. The lowest BCUT2D eigenvalue weighted by Gasteiger charge is -2.08. The van der Waals surface area contributed by atoms with Crippen LogP contribution in [0.25, 0.3) is 22.1 Å². The predicted octanol–water partition coefficient (Wildman–Crippen LogP) is 5.18. The highest BCUT2D eigenvalue weighted by Crippen LogP contribution is 2.32. The number of benzene rings is 2. The first-order valence-electron chi connectivity index (χ1n) is 6.06. The van der Waals surface area contributed by atoms with Crippen LogP contribution in [-0.2, 0) is 0 Å². The Morgan fingerprint density at radius 1 is 1.10 bits per heavy atom. The number of hydrogen-bond donors (Lipinski definition) is 0. The van der Waals surface area contributed by atoms with E-state index in [9.17, 15) is 4.79 Å². The molecule has 0 aliphatic carbocycles. The monoisotopic (exact) mass is 348 g/mol. The molecule has 0 spiro atoms. The lowest BCUT2D eigenvalue weighted by atomic mass is 10.0. The van der Waals surface area contributed by atoms with E-state index >= 15 is 0 Å². The average Bonchev–Trinajstić information content (AvgIpc) is 2.44. The maximum absolute atomic E-state index is 12.8. The number of rotatable bonds is 1. The zero-order valence-electron chi connectivity index (χ0n) is 10.6. The average molecular weight is 350 g/mol. The van der Waals surface area contributed by atoms with Gasteiger partial charge in [-0.1, -0.05) is 41.9 Å². The molecule has 0 unspecified atom stereocenters. The van der Waals surface area contributed by atoms with Crippen molar-refractivity contribution in [1.29, 1.82) is 0 Å². The van der Waals surface area contributed by atoms with Gasteiger partial charge in [0.1, 0.15) is 11.3 Å². The molecule has 4 heteroatoms. The third-order valence-corrected chi connectivity index (χ3v) is 4.47. The number of hydrogen-bond acceptors (Lipinski definition) is 2. The summed E-state index contributed by atoms with van der Waals surface area (Å²) >= 11 is 9.57. The Morgan fingerprint density at radius 2 is 1.80 bits per heavy atom. The first kappa shape index (κ1) is 13.4. The van der Waals surface area contributed by atoms with Crippen molar-refractivity contribution in [2.24, 2.45) is 0 Å². The van der Waals surface area contributed by atoms with Crippen molar-refractivity contribution in [3.63, 3.8) is 0 Å². The van der Waals surface area contributed by atoms with Crippen LogP contribution in [0.5, 0.6) is 0 Å². The van der Waals surface area contributed by atoms with Gasteiger partial charge in [-0.3, -0.25) is 4.79 Å². The Bertz CT molecular complexity index is 854. The minimum atomic E-state index is -0.110. The van der Waals surface area contributed by atoms with Crippen molar-refractivity contribution in [2.75, 3.05) is 0 Å². The molecule has 2 aromatic carbocycles. The van der Waals surface area contributed by atoms with Crippen molar-refractivity contribution in [2.45, 2.75) is 6.92 Å². The van der Waals surface area contributed by atoms with E-state index in [1.165, 1.54) is 0 Å². The summed E-state index contributed by atoms with van der Waals surface area (Å²) in [5.41, 5.74) is 1.77. The number of fused-ring (bicyclic) bond motifs is 1. The molecule has 0 bridgehead atoms. The summed E-state index contributed by atoms with van der Waals surface area (Å²) in [6.07, 6.45) is 0. The van der Waals surface area contributed by atoms with E-state index < -0.39 is 0 Å². The van der Waals surface area contributed by atoms with E-state index in [1.54, 1.807) is 19.1 Å². The zero-order valence-corrected chi connectivity index (χ0v) is 13.0. The topological polar surface area (TPSA) is 30.2 Å². The second kappa shape index (κ2) is 5.08. The molecule has 20 heavy (non-hydrogen) atoms. The molecule has 0 atom stereocenters. The van der Waals surface area contributed by atoms with Crippen LogP contribution in [0.1, 0.15) is 5.76 Å². The van der Waals surface area contributed by atoms with Crippen molar-refractivity contribution in [3.05, 3.63) is 67.9 Å². The van der Waals surface area contributed by atoms with Gasteiger partial charge in [-0.25, -0.2) is 0 Å². The number of halogens is 2. The summed E-state index contributed by atoms with van der Waals surface area (Å²) in [6.45, 7) is 1.79. The minimum absolute atomic E-state index is 0.110. The van der Waals surface area contributed by atoms with Crippen molar-refractivity contribution in [3.8, 4) is 11.1 Å². The fourth-order valence-corrected chi connectivity index (χ4v) is 2.84. The summed E-state index contributed by atoms with van der Waals surface area (Å²) < 4.78 is 6.44. The molecule has 0 radical (unpaired) electrons. The van der Waals surface area contributed by atoms with E-state index in [0.717, 1.165) is 5.56 Å². The molecule has 0 aliphatic heterocycles. The minimum Gasteiger partial charge on any atom is -0.460 e. The van der Waals surface area contributed by atoms with Crippen LogP contribution < -0.4 is 5.43 Å². The van der Waals surface area contributed by atoms with Crippen molar-refractivity contribution < 1.29 is 4.42 Å². The van der Waals surface area contributed by atoms with Crippen LogP contribution in [-0.4, -0.2) is 0 Å². The van der Waals surface area contributed by atoms with Crippen LogP contribution in [0, 0.1) is 6.92 Å². The van der Waals surface area contributed by atoms with Crippen LogP contribution in [0.2, 0.25) is 5.02 Å². The van der Waals surface area contributed by atoms with E-state index in [2.05, 4.69) is 15.9 Å². The van der Waals surface area contributed by atoms with Crippen molar-refractivity contribution >= 4 is 38.5 Å². The molecular formula is C16H10BrClO2. The molecule has 1 aromatic heterocycles. The van der Waals surface area contributed by atoms with Gasteiger partial charge in [0.15, 0.2) is 0 Å². The highest BCUT2D eigenvalue weighted by molar-refractivity contribution is 9.10. The summed E-state index contributed by atoms with van der Waals surface area (Å²) in [5.74, 6) is 0.590. The fraction of sp³-hybridized carbons (Fsp3) is 0.0625. The van der Waals surface area contributed by atoms with Gasteiger partial charge in [0.05, 0.1) is 16.0 Å². The highest BCUT2D eigenvalue weighted by atomic mass is 79.9. The second-order valence-electron chi connectivity index (χ2n) is 4.46. The molecular weight excluding hydrogens is 340 g/mol. The van der Waals surface area contributed by atoms with Crippen LogP contribution in [0.3, 0.4) is 0 Å². The Labute approximate surface area is 129 Å². The molecule has 2 nitrogen and oxygen atoms in total. The Kier molecular flexibility index (Phi) is 3.40. The SMILES string of the molecule is Cc1oc2ccc(Br)c(Cl)c2c(=O)c1-c1ccccc1. The highest BCUT2D eigenvalue weighted by Gasteiger charge is 2.16. The van der Waals surface area contributed by atoms with Gasteiger partial charge in [0.25, 0.3) is 0 Å². The van der Waals surface area contributed by atoms with E-state index in [0.29, 0.717) is 31.8 Å². The first-order valence-corrected chi connectivity index (χ1v) is 7.23. The molecule has 3 rings (SSSR count). The normalized spacial score (nSPS) is 10.9. The third kappa shape index (κ3) is 2.07. The third-order valence-electron chi connectivity index (χ3n) is 3.19.